The molecule has 3 aliphatic rings. The lowest BCUT2D eigenvalue weighted by Gasteiger charge is -2.52. The maximum absolute atomic E-state index is 12.6. The molecule has 1 aromatic rings. The van der Waals surface area contributed by atoms with Gasteiger partial charge in [-0.05, 0) is 18.4 Å². The summed E-state index contributed by atoms with van der Waals surface area (Å²) >= 11 is 0. The summed E-state index contributed by atoms with van der Waals surface area (Å²) in [5, 5.41) is 3.63. The Bertz CT molecular complexity index is 673. The van der Waals surface area contributed by atoms with Crippen molar-refractivity contribution >= 4 is 5.97 Å². The SMILES string of the molecule is COC(=O)[C@@H]1N[C@H](c2ccccc2)[C@H]2C=CC=C2C12CCOCC2. The zero-order valence-corrected chi connectivity index (χ0v) is 13.9. The molecule has 4 nitrogen and oxygen atoms in total. The average Bonchev–Trinajstić information content (AvgIpc) is 3.14. The van der Waals surface area contributed by atoms with Crippen LogP contribution in [0.2, 0.25) is 0 Å². The first kappa shape index (κ1) is 15.6. The summed E-state index contributed by atoms with van der Waals surface area (Å²) in [6.45, 7) is 1.38. The highest BCUT2D eigenvalue weighted by Crippen LogP contribution is 2.53. The molecule has 1 aliphatic carbocycles. The van der Waals surface area contributed by atoms with Crippen LogP contribution in [0.3, 0.4) is 0 Å². The van der Waals surface area contributed by atoms with E-state index in [1.54, 1.807) is 0 Å². The third-order valence-corrected chi connectivity index (χ3v) is 5.77. The highest BCUT2D eigenvalue weighted by Gasteiger charge is 2.54. The van der Waals surface area contributed by atoms with Crippen molar-refractivity contribution in [3.05, 3.63) is 59.7 Å². The second-order valence-corrected chi connectivity index (χ2v) is 6.81. The van der Waals surface area contributed by atoms with E-state index >= 15 is 0 Å². The monoisotopic (exact) mass is 325 g/mol. The first-order valence-corrected chi connectivity index (χ1v) is 8.62. The van der Waals surface area contributed by atoms with Gasteiger partial charge in [-0.15, -0.1) is 0 Å². The number of piperidine rings is 1. The fraction of sp³-hybridized carbons (Fsp3) is 0.450. The molecule has 2 aliphatic heterocycles. The Labute approximate surface area is 142 Å². The molecule has 1 aromatic carbocycles. The van der Waals surface area contributed by atoms with Gasteiger partial charge in [0.25, 0.3) is 0 Å². The van der Waals surface area contributed by atoms with Crippen LogP contribution in [0.15, 0.2) is 54.1 Å². The summed E-state index contributed by atoms with van der Waals surface area (Å²) < 4.78 is 10.8. The lowest BCUT2D eigenvalue weighted by atomic mass is 9.61. The molecule has 126 valence electrons. The number of methoxy groups -OCH3 is 1. The van der Waals surface area contributed by atoms with Crippen LogP contribution in [0, 0.1) is 11.3 Å². The van der Waals surface area contributed by atoms with Gasteiger partial charge in [0.1, 0.15) is 6.04 Å². The molecule has 0 aromatic heterocycles. The van der Waals surface area contributed by atoms with Gasteiger partial charge in [-0.1, -0.05) is 54.1 Å². The van der Waals surface area contributed by atoms with Gasteiger partial charge >= 0.3 is 5.97 Å². The smallest absolute Gasteiger partial charge is 0.323 e. The minimum Gasteiger partial charge on any atom is -0.468 e. The second-order valence-electron chi connectivity index (χ2n) is 6.81. The largest absolute Gasteiger partial charge is 0.468 e. The number of hydrogen-bond donors (Lipinski definition) is 1. The van der Waals surface area contributed by atoms with E-state index in [0.29, 0.717) is 13.2 Å². The Morgan fingerprint density at radius 1 is 1.25 bits per heavy atom. The predicted molar refractivity (Wildman–Crippen MR) is 91.3 cm³/mol. The lowest BCUT2D eigenvalue weighted by Crippen LogP contribution is -2.60. The maximum atomic E-state index is 12.6. The molecule has 24 heavy (non-hydrogen) atoms. The number of hydrogen-bond acceptors (Lipinski definition) is 4. The number of carbonyl (C=O) groups is 1. The summed E-state index contributed by atoms with van der Waals surface area (Å²) in [7, 11) is 1.47. The second kappa shape index (κ2) is 6.19. The van der Waals surface area contributed by atoms with E-state index in [2.05, 4.69) is 35.7 Å². The molecule has 1 spiro atoms. The number of carbonyl (C=O) groups excluding carboxylic acids is 1. The summed E-state index contributed by atoms with van der Waals surface area (Å²) in [5.41, 5.74) is 2.36. The number of fused-ring (bicyclic) bond motifs is 2. The Hall–Kier alpha value is -1.91. The van der Waals surface area contributed by atoms with Crippen LogP contribution in [0.4, 0.5) is 0 Å². The van der Waals surface area contributed by atoms with Gasteiger partial charge in [-0.2, -0.15) is 0 Å². The fourth-order valence-electron chi connectivity index (χ4n) is 4.58. The van der Waals surface area contributed by atoms with E-state index in [9.17, 15) is 4.79 Å². The van der Waals surface area contributed by atoms with Crippen molar-refractivity contribution < 1.29 is 14.3 Å². The van der Waals surface area contributed by atoms with Gasteiger partial charge in [-0.25, -0.2) is 0 Å². The molecule has 0 saturated carbocycles. The van der Waals surface area contributed by atoms with Gasteiger partial charge < -0.3 is 9.47 Å². The lowest BCUT2D eigenvalue weighted by molar-refractivity contribution is -0.150. The predicted octanol–water partition coefficient (Wildman–Crippen LogP) is 2.78. The highest BCUT2D eigenvalue weighted by molar-refractivity contribution is 5.78. The molecule has 0 amide bonds. The van der Waals surface area contributed by atoms with Crippen molar-refractivity contribution in [3.8, 4) is 0 Å². The summed E-state index contributed by atoms with van der Waals surface area (Å²) in [6, 6.07) is 10.1. The van der Waals surface area contributed by atoms with E-state index in [0.717, 1.165) is 12.8 Å². The van der Waals surface area contributed by atoms with Crippen molar-refractivity contribution in [2.24, 2.45) is 11.3 Å². The number of esters is 1. The summed E-state index contributed by atoms with van der Waals surface area (Å²) in [4.78, 5) is 12.6. The maximum Gasteiger partial charge on any atom is 0.323 e. The standard InChI is InChI=1S/C20H23NO3/c1-23-19(22)18-20(10-12-24-13-11-20)16-9-5-8-15(16)17(21-18)14-6-3-2-4-7-14/h2-9,15,17-18,21H,10-13H2,1H3/t15-,17+,18-/m0/s1. The zero-order valence-electron chi connectivity index (χ0n) is 13.9. The summed E-state index contributed by atoms with van der Waals surface area (Å²) in [6.07, 6.45) is 8.30. The Morgan fingerprint density at radius 2 is 2.00 bits per heavy atom. The minimum atomic E-state index is -0.334. The number of nitrogens with one attached hydrogen (secondary N) is 1. The minimum absolute atomic E-state index is 0.0915. The normalized spacial score (nSPS) is 30.7. The first-order chi connectivity index (χ1) is 11.8. The van der Waals surface area contributed by atoms with Crippen LogP contribution >= 0.6 is 0 Å². The van der Waals surface area contributed by atoms with Crippen LogP contribution in [-0.2, 0) is 14.3 Å². The van der Waals surface area contributed by atoms with E-state index in [1.165, 1.54) is 18.2 Å². The molecule has 3 atom stereocenters. The molecule has 2 heterocycles. The Balaban J connectivity index is 1.77. The van der Waals surface area contributed by atoms with Gasteiger partial charge in [0, 0.05) is 30.6 Å². The van der Waals surface area contributed by atoms with E-state index < -0.39 is 0 Å². The molecule has 2 fully saturated rings. The average molecular weight is 325 g/mol. The van der Waals surface area contributed by atoms with Crippen molar-refractivity contribution in [1.29, 1.82) is 0 Å². The van der Waals surface area contributed by atoms with Crippen LogP contribution in [0.25, 0.3) is 0 Å². The molecular weight excluding hydrogens is 302 g/mol. The van der Waals surface area contributed by atoms with Crippen molar-refractivity contribution in [1.82, 2.24) is 5.32 Å². The zero-order chi connectivity index (χ0) is 16.6. The Morgan fingerprint density at radius 3 is 2.71 bits per heavy atom. The third-order valence-electron chi connectivity index (χ3n) is 5.77. The molecule has 2 saturated heterocycles. The quantitative estimate of drug-likeness (QED) is 0.850. The number of rotatable bonds is 2. The molecule has 0 bridgehead atoms. The molecule has 4 rings (SSSR count). The van der Waals surface area contributed by atoms with Crippen molar-refractivity contribution in [2.75, 3.05) is 20.3 Å². The van der Waals surface area contributed by atoms with Gasteiger partial charge in [0.2, 0.25) is 0 Å². The highest BCUT2D eigenvalue weighted by atomic mass is 16.5. The topological polar surface area (TPSA) is 47.6 Å². The van der Waals surface area contributed by atoms with Crippen LogP contribution in [0.1, 0.15) is 24.4 Å². The molecule has 0 radical (unpaired) electrons. The Kier molecular flexibility index (Phi) is 4.02. The van der Waals surface area contributed by atoms with E-state index in [4.69, 9.17) is 9.47 Å². The van der Waals surface area contributed by atoms with Crippen LogP contribution in [-0.4, -0.2) is 32.3 Å². The molecule has 0 unspecified atom stereocenters. The number of benzene rings is 1. The van der Waals surface area contributed by atoms with E-state index in [1.807, 2.05) is 18.2 Å². The first-order valence-electron chi connectivity index (χ1n) is 8.62. The fourth-order valence-corrected chi connectivity index (χ4v) is 4.58. The summed E-state index contributed by atoms with van der Waals surface area (Å²) in [5.74, 6) is 0.107. The number of allylic oxidation sites excluding steroid dienone is 2. The molecular formula is C20H23NO3. The van der Waals surface area contributed by atoms with E-state index in [-0.39, 0.29) is 29.4 Å². The van der Waals surface area contributed by atoms with Gasteiger partial charge in [0.15, 0.2) is 0 Å². The van der Waals surface area contributed by atoms with Gasteiger partial charge in [0.05, 0.1) is 7.11 Å². The number of ether oxygens (including phenoxy) is 2. The van der Waals surface area contributed by atoms with Crippen molar-refractivity contribution in [2.45, 2.75) is 24.9 Å². The third kappa shape index (κ3) is 2.33. The van der Waals surface area contributed by atoms with Crippen LogP contribution < -0.4 is 5.32 Å². The van der Waals surface area contributed by atoms with Crippen LogP contribution in [0.5, 0.6) is 0 Å². The molecule has 4 heteroatoms. The van der Waals surface area contributed by atoms with Crippen molar-refractivity contribution in [3.63, 3.8) is 0 Å². The van der Waals surface area contributed by atoms with Gasteiger partial charge in [-0.3, -0.25) is 10.1 Å². The molecule has 1 N–H and O–H groups in total.